The third-order valence-electron chi connectivity index (χ3n) is 2.43. The summed E-state index contributed by atoms with van der Waals surface area (Å²) in [6.07, 6.45) is 0. The highest BCUT2D eigenvalue weighted by atomic mass is 19.1. The Morgan fingerprint density at radius 2 is 1.78 bits per heavy atom. The number of aliphatic hydroxyl groups is 2. The fourth-order valence-corrected chi connectivity index (χ4v) is 1.56. The van der Waals surface area contributed by atoms with Gasteiger partial charge in [0.25, 0.3) is 0 Å². The number of carbonyl (C=O) groups excluding carboxylic acids is 1. The predicted molar refractivity (Wildman–Crippen MR) is 61.3 cm³/mol. The molecule has 0 unspecified atom stereocenters. The molecule has 2 N–H and O–H groups in total. The molecule has 0 saturated carbocycles. The first kappa shape index (κ1) is 14.7. The van der Waals surface area contributed by atoms with Crippen molar-refractivity contribution in [2.75, 3.05) is 32.8 Å². The average molecular weight is 259 g/mol. The molecule has 0 atom stereocenters. The zero-order valence-corrected chi connectivity index (χ0v) is 9.77. The fourth-order valence-electron chi connectivity index (χ4n) is 1.56. The summed E-state index contributed by atoms with van der Waals surface area (Å²) in [7, 11) is 0. The molecule has 0 spiro atoms. The van der Waals surface area contributed by atoms with Crippen molar-refractivity contribution in [2.45, 2.75) is 0 Å². The number of benzene rings is 1. The number of ketones is 1. The van der Waals surface area contributed by atoms with E-state index in [0.29, 0.717) is 6.07 Å². The standard InChI is InChI=1S/C12H15F2NO3/c13-9-1-2-10(11(14)7-9)12(18)8-15(3-5-16)4-6-17/h1-2,7,16-17H,3-6,8H2. The van der Waals surface area contributed by atoms with Gasteiger partial charge in [0, 0.05) is 19.2 Å². The fraction of sp³-hybridized carbons (Fsp3) is 0.417. The minimum Gasteiger partial charge on any atom is -0.395 e. The normalized spacial score (nSPS) is 10.9. The third kappa shape index (κ3) is 4.14. The van der Waals surface area contributed by atoms with Crippen molar-refractivity contribution in [1.82, 2.24) is 4.90 Å². The molecule has 0 aliphatic heterocycles. The molecule has 18 heavy (non-hydrogen) atoms. The lowest BCUT2D eigenvalue weighted by atomic mass is 10.1. The number of aliphatic hydroxyl groups excluding tert-OH is 2. The van der Waals surface area contributed by atoms with Crippen LogP contribution in [0.4, 0.5) is 8.78 Å². The maximum Gasteiger partial charge on any atom is 0.179 e. The second-order valence-electron chi connectivity index (χ2n) is 3.77. The number of hydrogen-bond acceptors (Lipinski definition) is 4. The zero-order chi connectivity index (χ0) is 13.5. The minimum atomic E-state index is -0.909. The van der Waals surface area contributed by atoms with Gasteiger partial charge in [-0.25, -0.2) is 8.78 Å². The van der Waals surface area contributed by atoms with Crippen molar-refractivity contribution >= 4 is 5.78 Å². The van der Waals surface area contributed by atoms with Gasteiger partial charge in [0.05, 0.1) is 25.3 Å². The summed E-state index contributed by atoms with van der Waals surface area (Å²) in [6, 6.07) is 2.75. The van der Waals surface area contributed by atoms with Crippen LogP contribution in [-0.4, -0.2) is 53.7 Å². The Hall–Kier alpha value is -1.37. The van der Waals surface area contributed by atoms with Crippen LogP contribution < -0.4 is 0 Å². The lowest BCUT2D eigenvalue weighted by Crippen LogP contribution is -2.35. The summed E-state index contributed by atoms with van der Waals surface area (Å²) in [6.45, 7) is -0.0632. The van der Waals surface area contributed by atoms with E-state index in [-0.39, 0.29) is 38.4 Å². The predicted octanol–water partition coefficient (Wildman–Crippen LogP) is 0.434. The van der Waals surface area contributed by atoms with E-state index in [1.165, 1.54) is 4.90 Å². The van der Waals surface area contributed by atoms with E-state index in [2.05, 4.69) is 0 Å². The van der Waals surface area contributed by atoms with Crippen LogP contribution in [0.2, 0.25) is 0 Å². The third-order valence-corrected chi connectivity index (χ3v) is 2.43. The molecule has 0 aliphatic carbocycles. The van der Waals surface area contributed by atoms with Crippen LogP contribution in [0.1, 0.15) is 10.4 Å². The highest BCUT2D eigenvalue weighted by Gasteiger charge is 2.16. The molecule has 6 heteroatoms. The molecule has 0 radical (unpaired) electrons. The van der Waals surface area contributed by atoms with E-state index in [1.807, 2.05) is 0 Å². The minimum absolute atomic E-state index is 0.135. The van der Waals surface area contributed by atoms with Gasteiger partial charge < -0.3 is 10.2 Å². The maximum absolute atomic E-state index is 13.3. The topological polar surface area (TPSA) is 60.8 Å². The van der Waals surface area contributed by atoms with Crippen LogP contribution in [0, 0.1) is 11.6 Å². The number of carbonyl (C=O) groups is 1. The van der Waals surface area contributed by atoms with E-state index in [1.54, 1.807) is 0 Å². The smallest absolute Gasteiger partial charge is 0.179 e. The van der Waals surface area contributed by atoms with Crippen molar-refractivity contribution < 1.29 is 23.8 Å². The van der Waals surface area contributed by atoms with Crippen LogP contribution in [0.15, 0.2) is 18.2 Å². The van der Waals surface area contributed by atoms with Crippen LogP contribution in [0.5, 0.6) is 0 Å². The largest absolute Gasteiger partial charge is 0.395 e. The van der Waals surface area contributed by atoms with Crippen LogP contribution in [-0.2, 0) is 0 Å². The van der Waals surface area contributed by atoms with Crippen LogP contribution in [0.25, 0.3) is 0 Å². The van der Waals surface area contributed by atoms with Gasteiger partial charge in [-0.05, 0) is 12.1 Å². The van der Waals surface area contributed by atoms with E-state index in [0.717, 1.165) is 12.1 Å². The number of nitrogens with zero attached hydrogens (tertiary/aromatic N) is 1. The van der Waals surface area contributed by atoms with Gasteiger partial charge in [-0.3, -0.25) is 9.69 Å². The van der Waals surface area contributed by atoms with Gasteiger partial charge in [0.2, 0.25) is 0 Å². The van der Waals surface area contributed by atoms with Crippen LogP contribution in [0.3, 0.4) is 0 Å². The lowest BCUT2D eigenvalue weighted by Gasteiger charge is -2.19. The summed E-state index contributed by atoms with van der Waals surface area (Å²) in [5.74, 6) is -2.17. The number of hydrogen-bond donors (Lipinski definition) is 2. The molecule has 4 nitrogen and oxygen atoms in total. The number of Topliss-reactive ketones (excluding diaryl/α,β-unsaturated/α-hetero) is 1. The molecule has 1 rings (SSSR count). The van der Waals surface area contributed by atoms with E-state index < -0.39 is 17.4 Å². The second-order valence-corrected chi connectivity index (χ2v) is 3.77. The summed E-state index contributed by atoms with van der Waals surface area (Å²) < 4.78 is 26.0. The SMILES string of the molecule is O=C(CN(CCO)CCO)c1ccc(F)cc1F. The highest BCUT2D eigenvalue weighted by molar-refractivity contribution is 5.97. The Morgan fingerprint density at radius 3 is 2.28 bits per heavy atom. The Bertz CT molecular complexity index is 406. The molecule has 0 bridgehead atoms. The molecular formula is C12H15F2NO3. The van der Waals surface area contributed by atoms with Gasteiger partial charge in [0.1, 0.15) is 11.6 Å². The van der Waals surface area contributed by atoms with Gasteiger partial charge in [-0.15, -0.1) is 0 Å². The maximum atomic E-state index is 13.3. The quantitative estimate of drug-likeness (QED) is 0.697. The molecule has 0 saturated heterocycles. The number of halogens is 2. The van der Waals surface area contributed by atoms with Crippen molar-refractivity contribution in [3.8, 4) is 0 Å². The Kier molecular flexibility index (Phi) is 5.84. The van der Waals surface area contributed by atoms with Gasteiger partial charge in [-0.2, -0.15) is 0 Å². The molecule has 0 aromatic heterocycles. The van der Waals surface area contributed by atoms with Gasteiger partial charge >= 0.3 is 0 Å². The van der Waals surface area contributed by atoms with Crippen molar-refractivity contribution in [3.63, 3.8) is 0 Å². The Morgan fingerprint density at radius 1 is 1.17 bits per heavy atom. The summed E-state index contributed by atoms with van der Waals surface area (Å²) in [4.78, 5) is 13.3. The Labute approximate surface area is 103 Å². The van der Waals surface area contributed by atoms with Crippen molar-refractivity contribution in [2.24, 2.45) is 0 Å². The van der Waals surface area contributed by atoms with Crippen molar-refractivity contribution in [3.05, 3.63) is 35.4 Å². The van der Waals surface area contributed by atoms with Crippen molar-refractivity contribution in [1.29, 1.82) is 0 Å². The lowest BCUT2D eigenvalue weighted by molar-refractivity contribution is 0.0890. The van der Waals surface area contributed by atoms with Crippen LogP contribution >= 0.6 is 0 Å². The molecular weight excluding hydrogens is 244 g/mol. The monoisotopic (exact) mass is 259 g/mol. The molecule has 0 fully saturated rings. The molecule has 0 aliphatic rings. The summed E-state index contributed by atoms with van der Waals surface area (Å²) in [5, 5.41) is 17.6. The molecule has 1 aromatic rings. The average Bonchev–Trinajstić information content (AvgIpc) is 2.29. The molecule has 1 aromatic carbocycles. The van der Waals surface area contributed by atoms with E-state index in [4.69, 9.17) is 10.2 Å². The Balaban J connectivity index is 2.73. The summed E-state index contributed by atoms with van der Waals surface area (Å²) >= 11 is 0. The first-order chi connectivity index (χ1) is 8.58. The molecule has 0 heterocycles. The van der Waals surface area contributed by atoms with Gasteiger partial charge in [0.15, 0.2) is 5.78 Å². The zero-order valence-electron chi connectivity index (χ0n) is 9.77. The molecule has 0 amide bonds. The van der Waals surface area contributed by atoms with Gasteiger partial charge in [-0.1, -0.05) is 0 Å². The van der Waals surface area contributed by atoms with E-state index >= 15 is 0 Å². The summed E-state index contributed by atoms with van der Waals surface area (Å²) in [5.41, 5.74) is -0.197. The molecule has 100 valence electrons. The first-order valence-electron chi connectivity index (χ1n) is 5.50. The van der Waals surface area contributed by atoms with E-state index in [9.17, 15) is 13.6 Å². The first-order valence-corrected chi connectivity index (χ1v) is 5.50. The number of rotatable bonds is 7. The highest BCUT2D eigenvalue weighted by Crippen LogP contribution is 2.10. The second kappa shape index (κ2) is 7.15.